The minimum absolute atomic E-state index is 0.105. The lowest BCUT2D eigenvalue weighted by Crippen LogP contribution is -2.21. The lowest BCUT2D eigenvalue weighted by molar-refractivity contribution is 0.0686. The van der Waals surface area contributed by atoms with Crippen LogP contribution in [0.3, 0.4) is 0 Å². The zero-order valence-electron chi connectivity index (χ0n) is 24.8. The zero-order valence-corrected chi connectivity index (χ0v) is 24.8. The Balaban J connectivity index is 1.44. The molecule has 2 N–H and O–H groups in total. The Morgan fingerprint density at radius 3 is 1.33 bits per heavy atom. The maximum atomic E-state index is 12.2. The number of fused-ring (bicyclic) bond motifs is 2. The van der Waals surface area contributed by atoms with Crippen LogP contribution in [-0.4, -0.2) is 22.2 Å². The molecule has 0 saturated carbocycles. The molecule has 0 aliphatic heterocycles. The standard InChI is InChI=1S/C41H28O4/c1-41(2,35-23-27(21-33(25-35)39(42)43)17-19-31-13-7-11-29-9-3-5-15-37(29)31)36-24-28(22-34(26-36)40(44)45)18-20-32-14-8-12-30-10-4-6-16-38(30)32/h3-16,21-26H,1-2H3,(H,42,43)(H,44,45). The Morgan fingerprint density at radius 2 is 0.911 bits per heavy atom. The highest BCUT2D eigenvalue weighted by molar-refractivity contribution is 5.91. The van der Waals surface area contributed by atoms with Gasteiger partial charge in [-0.2, -0.15) is 0 Å². The van der Waals surface area contributed by atoms with Crippen molar-refractivity contribution in [3.8, 4) is 23.7 Å². The van der Waals surface area contributed by atoms with Crippen molar-refractivity contribution in [3.63, 3.8) is 0 Å². The second-order valence-corrected chi connectivity index (χ2v) is 11.4. The van der Waals surface area contributed by atoms with Gasteiger partial charge in [0.15, 0.2) is 0 Å². The van der Waals surface area contributed by atoms with Gasteiger partial charge in [0.25, 0.3) is 0 Å². The number of hydrogen-bond donors (Lipinski definition) is 2. The number of rotatable bonds is 4. The molecule has 4 nitrogen and oxygen atoms in total. The summed E-state index contributed by atoms with van der Waals surface area (Å²) in [6.45, 7) is 3.89. The van der Waals surface area contributed by atoms with Crippen molar-refractivity contribution in [3.05, 3.63) is 166 Å². The average molecular weight is 585 g/mol. The van der Waals surface area contributed by atoms with E-state index in [0.717, 1.165) is 32.7 Å². The van der Waals surface area contributed by atoms with Gasteiger partial charge in [-0.3, -0.25) is 0 Å². The lowest BCUT2D eigenvalue weighted by atomic mass is 9.76. The van der Waals surface area contributed by atoms with Crippen LogP contribution < -0.4 is 0 Å². The highest BCUT2D eigenvalue weighted by atomic mass is 16.4. The van der Waals surface area contributed by atoms with Crippen LogP contribution in [0.4, 0.5) is 0 Å². The van der Waals surface area contributed by atoms with Gasteiger partial charge in [0.05, 0.1) is 11.1 Å². The molecular weight excluding hydrogens is 556 g/mol. The van der Waals surface area contributed by atoms with Crippen molar-refractivity contribution >= 4 is 33.5 Å². The third-order valence-electron chi connectivity index (χ3n) is 8.07. The first-order valence-electron chi connectivity index (χ1n) is 14.5. The fourth-order valence-corrected chi connectivity index (χ4v) is 5.48. The van der Waals surface area contributed by atoms with Gasteiger partial charge in [-0.25, -0.2) is 9.59 Å². The Hall–Kier alpha value is -6.10. The Kier molecular flexibility index (Phi) is 7.66. The first-order valence-corrected chi connectivity index (χ1v) is 14.5. The van der Waals surface area contributed by atoms with Crippen LogP contribution in [0.1, 0.15) is 67.9 Å². The second kappa shape index (κ2) is 11.9. The predicted molar refractivity (Wildman–Crippen MR) is 179 cm³/mol. The molecule has 0 amide bonds. The van der Waals surface area contributed by atoms with E-state index >= 15 is 0 Å². The van der Waals surface area contributed by atoms with Crippen molar-refractivity contribution in [2.75, 3.05) is 0 Å². The highest BCUT2D eigenvalue weighted by Crippen LogP contribution is 2.34. The molecule has 0 heterocycles. The first-order chi connectivity index (χ1) is 21.7. The molecule has 0 aromatic heterocycles. The van der Waals surface area contributed by atoms with Gasteiger partial charge in [-0.15, -0.1) is 0 Å². The SMILES string of the molecule is CC(C)(c1cc(C#Cc2cccc3ccccc23)cc(C(=O)O)c1)c1cc(C#Cc2cccc3ccccc23)cc(C(=O)O)c1. The molecule has 0 spiro atoms. The molecule has 45 heavy (non-hydrogen) atoms. The Morgan fingerprint density at radius 1 is 0.511 bits per heavy atom. The van der Waals surface area contributed by atoms with Gasteiger partial charge in [-0.1, -0.05) is 110 Å². The van der Waals surface area contributed by atoms with E-state index in [2.05, 4.69) is 23.7 Å². The smallest absolute Gasteiger partial charge is 0.335 e. The third kappa shape index (κ3) is 6.04. The molecule has 0 unspecified atom stereocenters. The molecule has 4 heteroatoms. The van der Waals surface area contributed by atoms with Crippen molar-refractivity contribution < 1.29 is 19.8 Å². The fraction of sp³-hybridized carbons (Fsp3) is 0.0732. The van der Waals surface area contributed by atoms with Gasteiger partial charge >= 0.3 is 11.9 Å². The molecule has 216 valence electrons. The molecule has 0 fully saturated rings. The molecule has 6 rings (SSSR count). The number of benzene rings is 6. The van der Waals surface area contributed by atoms with Gasteiger partial charge in [0.1, 0.15) is 0 Å². The maximum Gasteiger partial charge on any atom is 0.335 e. The third-order valence-corrected chi connectivity index (χ3v) is 8.07. The largest absolute Gasteiger partial charge is 0.478 e. The number of carboxylic acid groups (broad SMARTS) is 2. The normalized spacial score (nSPS) is 10.9. The Labute approximate surface area is 261 Å². The fourth-order valence-electron chi connectivity index (χ4n) is 5.48. The summed E-state index contributed by atoms with van der Waals surface area (Å²) in [4.78, 5) is 24.4. The van der Waals surface area contributed by atoms with E-state index in [1.54, 1.807) is 24.3 Å². The van der Waals surface area contributed by atoms with E-state index in [-0.39, 0.29) is 11.1 Å². The van der Waals surface area contributed by atoms with Crippen LogP contribution in [0.25, 0.3) is 21.5 Å². The van der Waals surface area contributed by atoms with Crippen molar-refractivity contribution in [1.29, 1.82) is 0 Å². The van der Waals surface area contributed by atoms with Gasteiger partial charge < -0.3 is 10.2 Å². The lowest BCUT2D eigenvalue weighted by Gasteiger charge is -2.27. The van der Waals surface area contributed by atoms with Gasteiger partial charge in [0.2, 0.25) is 0 Å². The van der Waals surface area contributed by atoms with E-state index in [1.807, 2.05) is 111 Å². The van der Waals surface area contributed by atoms with E-state index in [9.17, 15) is 19.8 Å². The highest BCUT2D eigenvalue weighted by Gasteiger charge is 2.26. The molecule has 6 aromatic carbocycles. The summed E-state index contributed by atoms with van der Waals surface area (Å²) in [7, 11) is 0. The molecule has 0 aliphatic rings. The summed E-state index contributed by atoms with van der Waals surface area (Å²) in [6.07, 6.45) is 0. The van der Waals surface area contributed by atoms with Crippen LogP contribution in [-0.2, 0) is 5.41 Å². The summed E-state index contributed by atoms with van der Waals surface area (Å²) in [6, 6.07) is 37.9. The molecular formula is C41H28O4. The van der Waals surface area contributed by atoms with Crippen LogP contribution in [0.5, 0.6) is 0 Å². The van der Waals surface area contributed by atoms with E-state index in [1.165, 1.54) is 0 Å². The topological polar surface area (TPSA) is 74.6 Å². The monoisotopic (exact) mass is 584 g/mol. The second-order valence-electron chi connectivity index (χ2n) is 11.4. The summed E-state index contributed by atoms with van der Waals surface area (Å²) in [5.41, 5.74) is 3.62. The molecule has 0 aliphatic carbocycles. The van der Waals surface area contributed by atoms with Gasteiger partial charge in [-0.05, 0) is 81.2 Å². The summed E-state index contributed by atoms with van der Waals surface area (Å²) in [5, 5.41) is 24.1. The van der Waals surface area contributed by atoms with Crippen LogP contribution in [0.15, 0.2) is 121 Å². The Bertz CT molecular complexity index is 2100. The van der Waals surface area contributed by atoms with Gasteiger partial charge in [0, 0.05) is 27.7 Å². The molecule has 6 aromatic rings. The van der Waals surface area contributed by atoms with Crippen molar-refractivity contribution in [1.82, 2.24) is 0 Å². The number of hydrogen-bond acceptors (Lipinski definition) is 2. The van der Waals surface area contributed by atoms with Crippen LogP contribution in [0.2, 0.25) is 0 Å². The van der Waals surface area contributed by atoms with Crippen molar-refractivity contribution in [2.45, 2.75) is 19.3 Å². The average Bonchev–Trinajstić information content (AvgIpc) is 3.06. The van der Waals surface area contributed by atoms with Crippen molar-refractivity contribution in [2.24, 2.45) is 0 Å². The molecule has 0 radical (unpaired) electrons. The van der Waals surface area contributed by atoms with E-state index < -0.39 is 17.4 Å². The van der Waals surface area contributed by atoms with E-state index in [4.69, 9.17) is 0 Å². The number of aromatic carboxylic acids is 2. The quantitative estimate of drug-likeness (QED) is 0.204. The molecule has 0 atom stereocenters. The first kappa shape index (κ1) is 29.0. The minimum Gasteiger partial charge on any atom is -0.478 e. The predicted octanol–water partition coefficient (Wildman–Crippen LogP) is 8.51. The molecule has 0 bridgehead atoms. The van der Waals surface area contributed by atoms with Crippen LogP contribution >= 0.6 is 0 Å². The summed E-state index contributed by atoms with van der Waals surface area (Å²) in [5.74, 6) is 10.7. The number of carboxylic acids is 2. The minimum atomic E-state index is -1.07. The van der Waals surface area contributed by atoms with Crippen LogP contribution in [0, 0.1) is 23.7 Å². The zero-order chi connectivity index (χ0) is 31.6. The summed E-state index contributed by atoms with van der Waals surface area (Å²) >= 11 is 0. The van der Waals surface area contributed by atoms with E-state index in [0.29, 0.717) is 22.3 Å². The molecule has 0 saturated heterocycles. The number of carbonyl (C=O) groups is 2. The summed E-state index contributed by atoms with van der Waals surface area (Å²) < 4.78 is 0. The maximum absolute atomic E-state index is 12.2.